The number of esters is 1. The van der Waals surface area contributed by atoms with Gasteiger partial charge in [-0.3, -0.25) is 9.69 Å². The molecule has 0 saturated carbocycles. The van der Waals surface area contributed by atoms with E-state index >= 15 is 0 Å². The minimum atomic E-state index is -0.980. The summed E-state index contributed by atoms with van der Waals surface area (Å²) < 4.78 is 4.78. The lowest BCUT2D eigenvalue weighted by molar-refractivity contribution is -0.141. The lowest BCUT2D eigenvalue weighted by Crippen LogP contribution is -2.50. The number of carboxylic acid groups (broad SMARTS) is 1. The molecule has 0 spiro atoms. The Morgan fingerprint density at radius 2 is 2.08 bits per heavy atom. The van der Waals surface area contributed by atoms with E-state index in [9.17, 15) is 19.8 Å². The van der Waals surface area contributed by atoms with Gasteiger partial charge in [-0.1, -0.05) is 19.9 Å². The smallest absolute Gasteiger partial charge is 0.408 e. The van der Waals surface area contributed by atoms with E-state index in [1.54, 1.807) is 12.1 Å². The Morgan fingerprint density at radius 3 is 2.68 bits per heavy atom. The van der Waals surface area contributed by atoms with E-state index in [1.807, 2.05) is 19.9 Å². The van der Waals surface area contributed by atoms with Crippen LogP contribution in [0.4, 0.5) is 4.79 Å². The number of ether oxygens (including phenoxy) is 1. The molecule has 0 radical (unpaired) electrons. The predicted octanol–water partition coefficient (Wildman–Crippen LogP) is 3.51. The molecular formula is C19H27NO5. The van der Waals surface area contributed by atoms with Crippen LogP contribution in [0.15, 0.2) is 18.2 Å². The molecule has 1 amide bonds. The Morgan fingerprint density at radius 1 is 1.36 bits per heavy atom. The molecular weight excluding hydrogens is 322 g/mol. The fourth-order valence-corrected chi connectivity index (χ4v) is 3.98. The molecule has 0 fully saturated rings. The Labute approximate surface area is 148 Å². The normalized spacial score (nSPS) is 20.1. The third kappa shape index (κ3) is 4.06. The monoisotopic (exact) mass is 349 g/mol. The van der Waals surface area contributed by atoms with Crippen LogP contribution in [0.3, 0.4) is 0 Å². The molecule has 1 aliphatic heterocycles. The molecule has 25 heavy (non-hydrogen) atoms. The van der Waals surface area contributed by atoms with Crippen LogP contribution in [-0.4, -0.2) is 40.8 Å². The second-order valence-electron chi connectivity index (χ2n) is 7.08. The van der Waals surface area contributed by atoms with Crippen molar-refractivity contribution >= 4 is 12.1 Å². The molecule has 2 rings (SSSR count). The molecule has 1 atom stereocenters. The number of aryl methyl sites for hydroxylation is 1. The number of carbonyl (C=O) groups excluding carboxylic acids is 1. The van der Waals surface area contributed by atoms with Crippen molar-refractivity contribution in [3.05, 3.63) is 29.3 Å². The molecule has 6 nitrogen and oxygen atoms in total. The third-order valence-corrected chi connectivity index (χ3v) is 4.88. The van der Waals surface area contributed by atoms with Gasteiger partial charge in [0.2, 0.25) is 0 Å². The molecule has 0 aliphatic carbocycles. The van der Waals surface area contributed by atoms with Gasteiger partial charge in [0, 0.05) is 13.0 Å². The Balaban J connectivity index is 2.61. The summed E-state index contributed by atoms with van der Waals surface area (Å²) >= 11 is 0. The maximum Gasteiger partial charge on any atom is 0.408 e. The van der Waals surface area contributed by atoms with Crippen LogP contribution in [0.1, 0.15) is 50.7 Å². The van der Waals surface area contributed by atoms with Crippen LogP contribution in [0, 0.1) is 5.92 Å². The Bertz CT molecular complexity index is 643. The molecule has 1 aromatic carbocycles. The van der Waals surface area contributed by atoms with Gasteiger partial charge in [-0.15, -0.1) is 0 Å². The number of fused-ring (bicyclic) bond motifs is 1. The van der Waals surface area contributed by atoms with Gasteiger partial charge in [0.05, 0.1) is 12.6 Å². The highest BCUT2D eigenvalue weighted by Gasteiger charge is 2.44. The van der Waals surface area contributed by atoms with Crippen molar-refractivity contribution in [2.24, 2.45) is 5.92 Å². The van der Waals surface area contributed by atoms with Crippen molar-refractivity contribution in [2.45, 2.75) is 51.5 Å². The number of rotatable bonds is 5. The summed E-state index contributed by atoms with van der Waals surface area (Å²) in [6, 6.07) is 5.12. The molecule has 0 aromatic heterocycles. The number of benzene rings is 1. The van der Waals surface area contributed by atoms with Crippen LogP contribution in [-0.2, 0) is 21.5 Å². The van der Waals surface area contributed by atoms with E-state index in [4.69, 9.17) is 4.74 Å². The lowest BCUT2D eigenvalue weighted by Gasteiger charge is -2.44. The van der Waals surface area contributed by atoms with Crippen molar-refractivity contribution in [1.82, 2.24) is 4.90 Å². The molecule has 1 aliphatic rings. The largest absolute Gasteiger partial charge is 0.508 e. The van der Waals surface area contributed by atoms with Gasteiger partial charge in [0.15, 0.2) is 0 Å². The highest BCUT2D eigenvalue weighted by atomic mass is 16.5. The maximum absolute atomic E-state index is 12.1. The van der Waals surface area contributed by atoms with Crippen LogP contribution in [0.25, 0.3) is 0 Å². The van der Waals surface area contributed by atoms with E-state index in [-0.39, 0.29) is 24.1 Å². The van der Waals surface area contributed by atoms with Crippen LogP contribution in [0.5, 0.6) is 5.75 Å². The fraction of sp³-hybridized carbons (Fsp3) is 0.579. The number of phenolic OH excluding ortho intramolecular Hbond substituents is 1. The topological polar surface area (TPSA) is 87.1 Å². The zero-order valence-corrected chi connectivity index (χ0v) is 15.1. The first-order valence-electron chi connectivity index (χ1n) is 8.70. The summed E-state index contributed by atoms with van der Waals surface area (Å²) in [6.07, 6.45) is 1.52. The SMILES string of the molecule is COC(=O)CCC1(CC(C)C)c2ccc(O)cc2CCCN1C(=O)O. The average molecular weight is 349 g/mol. The summed E-state index contributed by atoms with van der Waals surface area (Å²) in [5.74, 6) is 0.0613. The van der Waals surface area contributed by atoms with E-state index in [0.717, 1.165) is 11.1 Å². The minimum Gasteiger partial charge on any atom is -0.508 e. The van der Waals surface area contributed by atoms with Crippen molar-refractivity contribution in [3.63, 3.8) is 0 Å². The summed E-state index contributed by atoms with van der Waals surface area (Å²) in [5, 5.41) is 19.7. The van der Waals surface area contributed by atoms with Gasteiger partial charge >= 0.3 is 12.1 Å². The highest BCUT2D eigenvalue weighted by Crippen LogP contribution is 2.44. The predicted molar refractivity (Wildman–Crippen MR) is 93.5 cm³/mol. The number of carbonyl (C=O) groups is 2. The second-order valence-corrected chi connectivity index (χ2v) is 7.08. The minimum absolute atomic E-state index is 0.146. The first-order valence-corrected chi connectivity index (χ1v) is 8.70. The standard InChI is InChI=1S/C19H27NO5/c1-13(2)12-19(9-8-17(22)25-3)16-7-6-15(21)11-14(16)5-4-10-20(19)18(23)24/h6-7,11,13,21H,4-5,8-10,12H2,1-3H3,(H,23,24). The lowest BCUT2D eigenvalue weighted by atomic mass is 9.76. The van der Waals surface area contributed by atoms with Crippen molar-refractivity contribution < 1.29 is 24.5 Å². The maximum atomic E-state index is 12.1. The summed E-state index contributed by atoms with van der Waals surface area (Å²) in [5.41, 5.74) is 1.05. The van der Waals surface area contributed by atoms with E-state index < -0.39 is 11.6 Å². The first-order chi connectivity index (χ1) is 11.8. The zero-order valence-electron chi connectivity index (χ0n) is 15.1. The van der Waals surface area contributed by atoms with Gasteiger partial charge in [0.1, 0.15) is 5.75 Å². The molecule has 138 valence electrons. The number of phenols is 1. The molecule has 0 bridgehead atoms. The van der Waals surface area contributed by atoms with Crippen molar-refractivity contribution in [2.75, 3.05) is 13.7 Å². The summed E-state index contributed by atoms with van der Waals surface area (Å²) in [7, 11) is 1.34. The summed E-state index contributed by atoms with van der Waals surface area (Å²) in [6.45, 7) is 4.49. The third-order valence-electron chi connectivity index (χ3n) is 4.88. The first kappa shape index (κ1) is 19.1. The number of aromatic hydroxyl groups is 1. The molecule has 1 unspecified atom stereocenters. The van der Waals surface area contributed by atoms with Gasteiger partial charge in [0.25, 0.3) is 0 Å². The molecule has 1 heterocycles. The van der Waals surface area contributed by atoms with Crippen LogP contribution >= 0.6 is 0 Å². The van der Waals surface area contributed by atoms with Crippen molar-refractivity contribution in [3.8, 4) is 5.75 Å². The fourth-order valence-electron chi connectivity index (χ4n) is 3.98. The van der Waals surface area contributed by atoms with Gasteiger partial charge in [-0.2, -0.15) is 0 Å². The summed E-state index contributed by atoms with van der Waals surface area (Å²) in [4.78, 5) is 25.3. The second kappa shape index (κ2) is 7.76. The molecule has 2 N–H and O–H groups in total. The molecule has 0 saturated heterocycles. The van der Waals surface area contributed by atoms with E-state index in [1.165, 1.54) is 12.0 Å². The number of hydrogen-bond acceptors (Lipinski definition) is 4. The molecule has 6 heteroatoms. The van der Waals surface area contributed by atoms with Gasteiger partial charge in [-0.05, 0) is 54.9 Å². The average Bonchev–Trinajstić information content (AvgIpc) is 2.69. The number of hydrogen-bond donors (Lipinski definition) is 2. The molecule has 1 aromatic rings. The van der Waals surface area contributed by atoms with Gasteiger partial charge < -0.3 is 14.9 Å². The van der Waals surface area contributed by atoms with Crippen molar-refractivity contribution in [1.29, 1.82) is 0 Å². The van der Waals surface area contributed by atoms with Crippen LogP contribution in [0.2, 0.25) is 0 Å². The quantitative estimate of drug-likeness (QED) is 0.794. The number of methoxy groups -OCH3 is 1. The Kier molecular flexibility index (Phi) is 5.93. The highest BCUT2D eigenvalue weighted by molar-refractivity contribution is 5.70. The van der Waals surface area contributed by atoms with Crippen LogP contribution < -0.4 is 0 Å². The van der Waals surface area contributed by atoms with Gasteiger partial charge in [-0.25, -0.2) is 4.79 Å². The number of nitrogens with zero attached hydrogens (tertiary/aromatic N) is 1. The zero-order chi connectivity index (χ0) is 18.6. The van der Waals surface area contributed by atoms with E-state index in [2.05, 4.69) is 0 Å². The van der Waals surface area contributed by atoms with E-state index in [0.29, 0.717) is 32.2 Å². The Hall–Kier alpha value is -2.24. The number of amides is 1.